The maximum absolute atomic E-state index is 13.2. The Balaban J connectivity index is 1.43. The summed E-state index contributed by atoms with van der Waals surface area (Å²) in [6.45, 7) is 2.57. The Morgan fingerprint density at radius 2 is 1.76 bits per heavy atom. The number of ether oxygens (including phenoxy) is 2. The van der Waals surface area contributed by atoms with E-state index in [1.54, 1.807) is 30.3 Å². The van der Waals surface area contributed by atoms with Crippen molar-refractivity contribution in [3.8, 4) is 11.5 Å². The lowest BCUT2D eigenvalue weighted by Crippen LogP contribution is -2.56. The van der Waals surface area contributed by atoms with Crippen LogP contribution >= 0.6 is 0 Å². The molecule has 10 heteroatoms. The Labute approximate surface area is 191 Å². The number of nitrogens with one attached hydrogen (secondary N) is 2. The van der Waals surface area contributed by atoms with Gasteiger partial charge in [0.1, 0.15) is 23.4 Å². The molecule has 2 amide bonds. The van der Waals surface area contributed by atoms with Crippen molar-refractivity contribution in [3.63, 3.8) is 0 Å². The molecule has 2 aromatic carbocycles. The molecule has 2 aliphatic rings. The first-order valence-electron chi connectivity index (χ1n) is 10.6. The van der Waals surface area contributed by atoms with Crippen LogP contribution in [0.3, 0.4) is 0 Å². The molecular weight excluding hydrogens is 429 g/mol. The summed E-state index contributed by atoms with van der Waals surface area (Å²) in [6.07, 6.45) is -0.0445. The van der Waals surface area contributed by atoms with Crippen LogP contribution in [0.1, 0.15) is 6.42 Å². The van der Waals surface area contributed by atoms with E-state index in [9.17, 15) is 14.0 Å². The molecule has 0 spiro atoms. The molecule has 174 valence electrons. The van der Waals surface area contributed by atoms with Crippen LogP contribution < -0.4 is 25.0 Å². The van der Waals surface area contributed by atoms with Crippen molar-refractivity contribution in [1.29, 1.82) is 0 Å². The topological polar surface area (TPSA) is 95.5 Å². The smallest absolute Gasteiger partial charge is 0.249 e. The maximum atomic E-state index is 13.2. The molecule has 0 unspecified atom stereocenters. The Hall–Kier alpha value is -3.82. The minimum Gasteiger partial charge on any atom is -0.497 e. The summed E-state index contributed by atoms with van der Waals surface area (Å²) < 4.78 is 23.7. The van der Waals surface area contributed by atoms with Crippen molar-refractivity contribution >= 4 is 29.1 Å². The molecular formula is C23H26FN5O4. The first kappa shape index (κ1) is 22.4. The van der Waals surface area contributed by atoms with E-state index >= 15 is 0 Å². The molecule has 0 saturated carbocycles. The Morgan fingerprint density at radius 3 is 2.42 bits per heavy atom. The predicted molar refractivity (Wildman–Crippen MR) is 122 cm³/mol. The van der Waals surface area contributed by atoms with Gasteiger partial charge in [-0.1, -0.05) is 0 Å². The summed E-state index contributed by atoms with van der Waals surface area (Å²) >= 11 is 0. The van der Waals surface area contributed by atoms with Crippen LogP contribution in [0.5, 0.6) is 11.5 Å². The number of carbonyl (C=O) groups is 2. The van der Waals surface area contributed by atoms with E-state index in [-0.39, 0.29) is 18.1 Å². The molecule has 1 saturated heterocycles. The van der Waals surface area contributed by atoms with Crippen LogP contribution in [0.15, 0.2) is 47.5 Å². The summed E-state index contributed by atoms with van der Waals surface area (Å²) in [5.74, 6) is 0.495. The van der Waals surface area contributed by atoms with Gasteiger partial charge < -0.3 is 24.6 Å². The molecule has 9 nitrogen and oxygen atoms in total. The van der Waals surface area contributed by atoms with E-state index in [0.717, 1.165) is 5.69 Å². The number of anilines is 2. The number of aliphatic imine (C=N–C) groups is 1. The van der Waals surface area contributed by atoms with Crippen LogP contribution in [-0.2, 0) is 9.59 Å². The normalized spacial score (nSPS) is 18.3. The highest BCUT2D eigenvalue weighted by atomic mass is 19.1. The number of hydrogen-bond acceptors (Lipinski definition) is 7. The fourth-order valence-corrected chi connectivity index (χ4v) is 3.85. The predicted octanol–water partition coefficient (Wildman–Crippen LogP) is 1.85. The number of carbonyl (C=O) groups excluding carboxylic acids is 2. The molecule has 2 heterocycles. The van der Waals surface area contributed by atoms with E-state index in [0.29, 0.717) is 49.3 Å². The van der Waals surface area contributed by atoms with Crippen molar-refractivity contribution in [2.45, 2.75) is 12.5 Å². The minimum absolute atomic E-state index is 0.0445. The number of rotatable bonds is 5. The quantitative estimate of drug-likeness (QED) is 0.715. The van der Waals surface area contributed by atoms with Gasteiger partial charge in [-0.15, -0.1) is 0 Å². The Morgan fingerprint density at radius 1 is 1.06 bits per heavy atom. The molecule has 1 atom stereocenters. The first-order chi connectivity index (χ1) is 16.0. The second-order valence-electron chi connectivity index (χ2n) is 7.73. The average molecular weight is 455 g/mol. The molecule has 0 radical (unpaired) electrons. The summed E-state index contributed by atoms with van der Waals surface area (Å²) in [6, 6.07) is 10.6. The SMILES string of the molecule is COc1ccc(OC)c(NC(=O)[C@H]2CC(=O)NC(N3CCN(c4ccc(F)cc4)CC3)=N2)c1. The highest BCUT2D eigenvalue weighted by Crippen LogP contribution is 2.29. The molecule has 33 heavy (non-hydrogen) atoms. The summed E-state index contributed by atoms with van der Waals surface area (Å²) in [5, 5.41) is 5.58. The lowest BCUT2D eigenvalue weighted by atomic mass is 10.1. The average Bonchev–Trinajstić information content (AvgIpc) is 2.84. The Bertz CT molecular complexity index is 1050. The van der Waals surface area contributed by atoms with E-state index in [4.69, 9.17) is 9.47 Å². The molecule has 1 fully saturated rings. The van der Waals surface area contributed by atoms with Crippen molar-refractivity contribution in [2.75, 3.05) is 50.6 Å². The van der Waals surface area contributed by atoms with Crippen molar-refractivity contribution in [2.24, 2.45) is 4.99 Å². The van der Waals surface area contributed by atoms with Crippen LogP contribution in [0, 0.1) is 5.82 Å². The van der Waals surface area contributed by atoms with Crippen LogP contribution in [0.2, 0.25) is 0 Å². The molecule has 0 aromatic heterocycles. The highest BCUT2D eigenvalue weighted by molar-refractivity contribution is 6.06. The maximum Gasteiger partial charge on any atom is 0.249 e. The lowest BCUT2D eigenvalue weighted by Gasteiger charge is -2.38. The van der Waals surface area contributed by atoms with Crippen molar-refractivity contribution < 1.29 is 23.5 Å². The fourth-order valence-electron chi connectivity index (χ4n) is 3.85. The molecule has 2 N–H and O–H groups in total. The van der Waals surface area contributed by atoms with Crippen molar-refractivity contribution in [3.05, 3.63) is 48.3 Å². The zero-order valence-electron chi connectivity index (χ0n) is 18.5. The van der Waals surface area contributed by atoms with E-state index in [2.05, 4.69) is 20.5 Å². The third-order valence-corrected chi connectivity index (χ3v) is 5.65. The zero-order valence-corrected chi connectivity index (χ0v) is 18.5. The second kappa shape index (κ2) is 9.76. The number of nitrogens with zero attached hydrogens (tertiary/aromatic N) is 3. The lowest BCUT2D eigenvalue weighted by molar-refractivity contribution is -0.125. The summed E-state index contributed by atoms with van der Waals surface area (Å²) in [7, 11) is 3.04. The largest absolute Gasteiger partial charge is 0.497 e. The third kappa shape index (κ3) is 5.16. The number of hydrogen-bond donors (Lipinski definition) is 2. The van der Waals surface area contributed by atoms with Gasteiger partial charge in [-0.2, -0.15) is 0 Å². The van der Waals surface area contributed by atoms with Gasteiger partial charge in [0.05, 0.1) is 26.3 Å². The van der Waals surface area contributed by atoms with Crippen molar-refractivity contribution in [1.82, 2.24) is 10.2 Å². The number of piperazine rings is 1. The number of amides is 2. The number of methoxy groups -OCH3 is 2. The number of benzene rings is 2. The number of halogens is 1. The number of guanidine groups is 1. The van der Waals surface area contributed by atoms with E-state index in [1.807, 2.05) is 4.90 Å². The second-order valence-corrected chi connectivity index (χ2v) is 7.73. The van der Waals surface area contributed by atoms with Gasteiger partial charge in [0, 0.05) is 37.9 Å². The molecule has 2 aliphatic heterocycles. The summed E-state index contributed by atoms with van der Waals surface area (Å²) in [5.41, 5.74) is 1.38. The van der Waals surface area contributed by atoms with Gasteiger partial charge in [0.2, 0.25) is 17.8 Å². The van der Waals surface area contributed by atoms with Crippen LogP contribution in [0.25, 0.3) is 0 Å². The molecule has 0 aliphatic carbocycles. The highest BCUT2D eigenvalue weighted by Gasteiger charge is 2.31. The van der Waals surface area contributed by atoms with Gasteiger partial charge in [-0.3, -0.25) is 14.9 Å². The van der Waals surface area contributed by atoms with Gasteiger partial charge in [0.25, 0.3) is 0 Å². The van der Waals surface area contributed by atoms with Crippen LogP contribution in [-0.4, -0.2) is 69.1 Å². The zero-order chi connectivity index (χ0) is 23.4. The fraction of sp³-hybridized carbons (Fsp3) is 0.348. The summed E-state index contributed by atoms with van der Waals surface area (Å²) in [4.78, 5) is 33.9. The third-order valence-electron chi connectivity index (χ3n) is 5.65. The van der Waals surface area contributed by atoms with Gasteiger partial charge in [-0.25, -0.2) is 9.38 Å². The monoisotopic (exact) mass is 455 g/mol. The van der Waals surface area contributed by atoms with E-state index in [1.165, 1.54) is 26.4 Å². The Kier molecular flexibility index (Phi) is 6.62. The molecule has 0 bridgehead atoms. The van der Waals surface area contributed by atoms with Crippen LogP contribution in [0.4, 0.5) is 15.8 Å². The van der Waals surface area contributed by atoms with Gasteiger partial charge in [0.15, 0.2) is 0 Å². The first-order valence-corrected chi connectivity index (χ1v) is 10.6. The van der Waals surface area contributed by atoms with Gasteiger partial charge >= 0.3 is 0 Å². The van der Waals surface area contributed by atoms with E-state index < -0.39 is 11.9 Å². The van der Waals surface area contributed by atoms with Gasteiger partial charge in [-0.05, 0) is 36.4 Å². The standard InChI is InChI=1S/C23H26FN5O4/c1-32-17-7-8-20(33-2)18(13-17)25-22(31)19-14-21(30)27-23(26-19)29-11-9-28(10-12-29)16-5-3-15(24)4-6-16/h3-8,13,19H,9-12,14H2,1-2H3,(H,25,31)(H,26,27,30)/t19-/m1/s1. The minimum atomic E-state index is -0.861. The molecule has 4 rings (SSSR count). The molecule has 2 aromatic rings.